The minimum atomic E-state index is 0. The highest BCUT2D eigenvalue weighted by atomic mass is 127. The van der Waals surface area contributed by atoms with Crippen molar-refractivity contribution in [3.05, 3.63) is 55.1 Å². The third-order valence-corrected chi connectivity index (χ3v) is 1.97. The van der Waals surface area contributed by atoms with Gasteiger partial charge in [0.05, 0.1) is 12.1 Å². The van der Waals surface area contributed by atoms with Gasteiger partial charge in [-0.15, -0.1) is 0 Å². The largest absolute Gasteiger partial charge is 1.00 e. The first-order chi connectivity index (χ1) is 6.36. The van der Waals surface area contributed by atoms with Gasteiger partial charge in [-0.1, -0.05) is 6.07 Å². The fourth-order valence-electron chi connectivity index (χ4n) is 1.24. The van der Waals surface area contributed by atoms with Crippen LogP contribution in [-0.4, -0.2) is 0 Å². The van der Waals surface area contributed by atoms with Gasteiger partial charge in [0, 0.05) is 12.1 Å². The van der Waals surface area contributed by atoms with Crippen molar-refractivity contribution in [3.8, 4) is 5.69 Å². The minimum absolute atomic E-state index is 0. The maximum Gasteiger partial charge on any atom is 0.222 e. The van der Waals surface area contributed by atoms with E-state index in [0.29, 0.717) is 0 Å². The second kappa shape index (κ2) is 7.10. The molecule has 0 aromatic carbocycles. The maximum atomic E-state index is 2.08. The molecule has 0 spiro atoms. The average molecular weight is 426 g/mol. The second-order valence-electron chi connectivity index (χ2n) is 3.00. The van der Waals surface area contributed by atoms with Crippen LogP contribution in [-0.2, 0) is 7.05 Å². The normalized spacial score (nSPS) is 8.60. The van der Waals surface area contributed by atoms with Crippen molar-refractivity contribution >= 4 is 0 Å². The van der Waals surface area contributed by atoms with Gasteiger partial charge in [0.2, 0.25) is 5.69 Å². The van der Waals surface area contributed by atoms with Gasteiger partial charge < -0.3 is 48.0 Å². The Bertz CT molecular complexity index is 387. The molecule has 0 unspecified atom stereocenters. The van der Waals surface area contributed by atoms with Crippen LogP contribution >= 0.6 is 0 Å². The van der Waals surface area contributed by atoms with Crippen LogP contribution in [0.3, 0.4) is 0 Å². The van der Waals surface area contributed by atoms with E-state index in [2.05, 4.69) is 16.7 Å². The molecule has 4 heteroatoms. The second-order valence-corrected chi connectivity index (χ2v) is 3.00. The van der Waals surface area contributed by atoms with Gasteiger partial charge >= 0.3 is 0 Å². The molecule has 2 aromatic rings. The zero-order valence-electron chi connectivity index (χ0n) is 8.35. The summed E-state index contributed by atoms with van der Waals surface area (Å²) in [6.07, 6.45) is 8.15. The highest BCUT2D eigenvalue weighted by Gasteiger charge is 2.04. The number of hydrogen-bond acceptors (Lipinski definition) is 0. The van der Waals surface area contributed by atoms with Gasteiger partial charge in [0.1, 0.15) is 7.05 Å². The Hall–Kier alpha value is -0.240. The summed E-state index contributed by atoms with van der Waals surface area (Å²) in [4.78, 5) is 0. The van der Waals surface area contributed by atoms with Crippen molar-refractivity contribution in [1.29, 1.82) is 0 Å². The Balaban J connectivity index is 0.000000980. The minimum Gasteiger partial charge on any atom is -1.00 e. The molecule has 2 nitrogen and oxygen atoms in total. The van der Waals surface area contributed by atoms with E-state index in [1.54, 1.807) is 0 Å². The predicted molar refractivity (Wildman–Crippen MR) is 49.2 cm³/mol. The molecule has 2 aromatic heterocycles. The molecule has 0 N–H and O–H groups in total. The van der Waals surface area contributed by atoms with E-state index >= 15 is 0 Å². The van der Waals surface area contributed by atoms with E-state index in [-0.39, 0.29) is 48.0 Å². The summed E-state index contributed by atoms with van der Waals surface area (Å²) in [6.45, 7) is 0. The van der Waals surface area contributed by atoms with Gasteiger partial charge in [0.15, 0.2) is 24.8 Å². The Kier molecular flexibility index (Phi) is 6.99. The number of rotatable bonds is 1. The standard InChI is InChI=1S/C11H12N2.2HI/c1-12-9-5-11(6-10-12)13-7-3-2-4-8-13;;/h2-10H,1H3;2*1H/q+2;;/p-2. The molecule has 0 saturated heterocycles. The number of pyridine rings is 2. The van der Waals surface area contributed by atoms with Crippen LogP contribution in [0.2, 0.25) is 0 Å². The molecule has 0 atom stereocenters. The molecule has 2 rings (SSSR count). The van der Waals surface area contributed by atoms with Crippen LogP contribution in [0.4, 0.5) is 0 Å². The summed E-state index contributed by atoms with van der Waals surface area (Å²) in [5, 5.41) is 0. The van der Waals surface area contributed by atoms with Gasteiger partial charge in [-0.05, 0) is 0 Å². The molecule has 0 amide bonds. The number of nitrogens with zero attached hydrogens (tertiary/aromatic N) is 2. The quantitative estimate of drug-likeness (QED) is 0.319. The van der Waals surface area contributed by atoms with Crippen molar-refractivity contribution in [3.63, 3.8) is 0 Å². The predicted octanol–water partition coefficient (Wildman–Crippen LogP) is -5.20. The zero-order valence-corrected chi connectivity index (χ0v) is 12.7. The van der Waals surface area contributed by atoms with E-state index in [4.69, 9.17) is 0 Å². The topological polar surface area (TPSA) is 7.76 Å². The van der Waals surface area contributed by atoms with Crippen LogP contribution in [0.25, 0.3) is 5.69 Å². The van der Waals surface area contributed by atoms with E-state index in [1.807, 2.05) is 54.6 Å². The lowest BCUT2D eigenvalue weighted by Crippen LogP contribution is -3.00. The van der Waals surface area contributed by atoms with Gasteiger partial charge in [0.25, 0.3) is 0 Å². The molecule has 2 heterocycles. The van der Waals surface area contributed by atoms with E-state index in [0.717, 1.165) is 0 Å². The number of aryl methyl sites for hydroxylation is 1. The van der Waals surface area contributed by atoms with E-state index in [9.17, 15) is 0 Å². The third-order valence-electron chi connectivity index (χ3n) is 1.97. The molecule has 0 fully saturated rings. The smallest absolute Gasteiger partial charge is 0.222 e. The lowest BCUT2D eigenvalue weighted by Gasteiger charge is -1.92. The molecule has 0 saturated carbocycles. The lowest BCUT2D eigenvalue weighted by molar-refractivity contribution is -0.673. The number of aromatic nitrogens is 2. The van der Waals surface area contributed by atoms with Crippen molar-refractivity contribution in [2.75, 3.05) is 0 Å². The first-order valence-electron chi connectivity index (χ1n) is 4.28. The summed E-state index contributed by atoms with van der Waals surface area (Å²) in [6, 6.07) is 10.2. The van der Waals surface area contributed by atoms with Crippen molar-refractivity contribution in [2.24, 2.45) is 7.05 Å². The first-order valence-corrected chi connectivity index (χ1v) is 4.28. The first kappa shape index (κ1) is 14.8. The van der Waals surface area contributed by atoms with Crippen LogP contribution < -0.4 is 57.1 Å². The van der Waals surface area contributed by atoms with Crippen LogP contribution in [0.1, 0.15) is 0 Å². The Morgan fingerprint density at radius 1 is 0.800 bits per heavy atom. The summed E-state index contributed by atoms with van der Waals surface area (Å²) in [7, 11) is 2.01. The molecule has 0 aliphatic carbocycles. The Morgan fingerprint density at radius 2 is 1.33 bits per heavy atom. The zero-order chi connectivity index (χ0) is 9.10. The lowest BCUT2D eigenvalue weighted by atomic mass is 10.4. The van der Waals surface area contributed by atoms with Crippen LogP contribution in [0, 0.1) is 0 Å². The van der Waals surface area contributed by atoms with Crippen molar-refractivity contribution in [1.82, 2.24) is 0 Å². The monoisotopic (exact) mass is 426 g/mol. The van der Waals surface area contributed by atoms with Gasteiger partial charge in [-0.3, -0.25) is 0 Å². The fourth-order valence-corrected chi connectivity index (χ4v) is 1.24. The van der Waals surface area contributed by atoms with E-state index < -0.39 is 0 Å². The van der Waals surface area contributed by atoms with Gasteiger partial charge in [-0.2, -0.15) is 4.57 Å². The van der Waals surface area contributed by atoms with Crippen LogP contribution in [0.5, 0.6) is 0 Å². The van der Waals surface area contributed by atoms with Gasteiger partial charge in [-0.25, -0.2) is 4.57 Å². The Labute approximate surface area is 124 Å². The highest BCUT2D eigenvalue weighted by molar-refractivity contribution is 5.15. The number of hydrogen-bond donors (Lipinski definition) is 0. The molecular formula is C11H12I2N2. The molecule has 0 radical (unpaired) electrons. The SMILES string of the molecule is C[n+]1ccc(-[n+]2ccccc2)cc1.[I-].[I-]. The van der Waals surface area contributed by atoms with E-state index in [1.165, 1.54) is 5.69 Å². The van der Waals surface area contributed by atoms with Crippen molar-refractivity contribution in [2.45, 2.75) is 0 Å². The molecule has 15 heavy (non-hydrogen) atoms. The highest BCUT2D eigenvalue weighted by Crippen LogP contribution is 1.92. The molecule has 0 aliphatic heterocycles. The molecule has 0 aliphatic rings. The number of halogens is 2. The molecular weight excluding hydrogens is 414 g/mol. The van der Waals surface area contributed by atoms with Crippen LogP contribution in [0.15, 0.2) is 55.1 Å². The summed E-state index contributed by atoms with van der Waals surface area (Å²) >= 11 is 0. The molecule has 0 bridgehead atoms. The summed E-state index contributed by atoms with van der Waals surface area (Å²) in [5.74, 6) is 0. The Morgan fingerprint density at radius 3 is 1.87 bits per heavy atom. The summed E-state index contributed by atoms with van der Waals surface area (Å²) in [5.41, 5.74) is 1.18. The summed E-state index contributed by atoms with van der Waals surface area (Å²) < 4.78 is 4.10. The average Bonchev–Trinajstić information content (AvgIpc) is 2.20. The maximum absolute atomic E-state index is 2.08. The van der Waals surface area contributed by atoms with Crippen molar-refractivity contribution < 1.29 is 57.1 Å². The molecule has 80 valence electrons. The fraction of sp³-hybridized carbons (Fsp3) is 0.0909. The third kappa shape index (κ3) is 4.02.